The van der Waals surface area contributed by atoms with Crippen molar-refractivity contribution in [3.63, 3.8) is 0 Å². The van der Waals surface area contributed by atoms with Crippen LogP contribution in [0.1, 0.15) is 25.3 Å². The largest absolute Gasteiger partial charge is 0.492 e. The first-order valence-corrected chi connectivity index (χ1v) is 9.14. The van der Waals surface area contributed by atoms with Crippen LogP contribution >= 0.6 is 31.9 Å². The summed E-state index contributed by atoms with van der Waals surface area (Å²) in [6.45, 7) is 2.62. The van der Waals surface area contributed by atoms with Gasteiger partial charge in [-0.1, -0.05) is 25.1 Å². The highest BCUT2D eigenvalue weighted by atomic mass is 79.9. The Morgan fingerprint density at radius 2 is 1.91 bits per heavy atom. The van der Waals surface area contributed by atoms with Gasteiger partial charge in [-0.2, -0.15) is 0 Å². The molecule has 2 aromatic rings. The molecule has 1 amide bonds. The molecule has 0 fully saturated rings. The molecule has 0 bridgehead atoms. The number of carbonyl (C=O) groups is 1. The maximum Gasteiger partial charge on any atom is 0.224 e. The fourth-order valence-corrected chi connectivity index (χ4v) is 3.00. The molecule has 2 rings (SSSR count). The third kappa shape index (κ3) is 5.66. The maximum atomic E-state index is 11.9. The van der Waals surface area contributed by atoms with Crippen molar-refractivity contribution < 1.29 is 9.53 Å². The van der Waals surface area contributed by atoms with Crippen molar-refractivity contribution in [3.8, 4) is 5.75 Å². The Bertz CT molecular complexity index is 674. The Morgan fingerprint density at radius 1 is 1.13 bits per heavy atom. The molecule has 1 N–H and O–H groups in total. The number of ether oxygens (including phenoxy) is 1. The standard InChI is InChI=1S/C18H19Br2NO2/c1-2-13-9-10-17(15(20)12-13)23-11-5-8-18(22)21-16-7-4-3-6-14(16)19/h3-4,6-7,9-10,12H,2,5,8,11H2,1H3,(H,21,22). The zero-order chi connectivity index (χ0) is 16.7. The van der Waals surface area contributed by atoms with Crippen LogP contribution in [-0.4, -0.2) is 12.5 Å². The third-order valence-electron chi connectivity index (χ3n) is 3.36. The van der Waals surface area contributed by atoms with E-state index in [0.717, 1.165) is 26.8 Å². The van der Waals surface area contributed by atoms with Crippen LogP contribution in [0.2, 0.25) is 0 Å². The molecule has 0 aliphatic rings. The smallest absolute Gasteiger partial charge is 0.224 e. The van der Waals surface area contributed by atoms with Crippen LogP contribution < -0.4 is 10.1 Å². The van der Waals surface area contributed by atoms with Gasteiger partial charge in [-0.25, -0.2) is 0 Å². The molecule has 5 heteroatoms. The lowest BCUT2D eigenvalue weighted by Gasteiger charge is -2.10. The van der Waals surface area contributed by atoms with E-state index in [1.165, 1.54) is 5.56 Å². The van der Waals surface area contributed by atoms with Gasteiger partial charge in [0.1, 0.15) is 5.75 Å². The second-order valence-corrected chi connectivity index (χ2v) is 6.81. The summed E-state index contributed by atoms with van der Waals surface area (Å²) in [5, 5.41) is 2.88. The molecule has 0 spiro atoms. The first-order chi connectivity index (χ1) is 11.1. The van der Waals surface area contributed by atoms with E-state index in [0.29, 0.717) is 19.4 Å². The Labute approximate surface area is 153 Å². The van der Waals surface area contributed by atoms with Crippen molar-refractivity contribution in [1.29, 1.82) is 0 Å². The van der Waals surface area contributed by atoms with Gasteiger partial charge in [-0.05, 0) is 74.5 Å². The summed E-state index contributed by atoms with van der Waals surface area (Å²) >= 11 is 6.92. The van der Waals surface area contributed by atoms with Crippen LogP contribution in [-0.2, 0) is 11.2 Å². The van der Waals surface area contributed by atoms with E-state index in [-0.39, 0.29) is 5.91 Å². The van der Waals surface area contributed by atoms with Gasteiger partial charge in [0.2, 0.25) is 5.91 Å². The first-order valence-electron chi connectivity index (χ1n) is 7.55. The van der Waals surface area contributed by atoms with Crippen LogP contribution in [0.15, 0.2) is 51.4 Å². The van der Waals surface area contributed by atoms with E-state index in [2.05, 4.69) is 56.2 Å². The molecule has 0 atom stereocenters. The summed E-state index contributed by atoms with van der Waals surface area (Å²) in [6, 6.07) is 13.6. The SMILES string of the molecule is CCc1ccc(OCCCC(=O)Nc2ccccc2Br)c(Br)c1. The predicted octanol–water partition coefficient (Wildman–Crippen LogP) is 5.57. The number of halogens is 2. The van der Waals surface area contributed by atoms with E-state index in [4.69, 9.17) is 4.74 Å². The van der Waals surface area contributed by atoms with Crippen LogP contribution in [0.3, 0.4) is 0 Å². The molecule has 0 heterocycles. The highest BCUT2D eigenvalue weighted by molar-refractivity contribution is 9.11. The van der Waals surface area contributed by atoms with Gasteiger partial charge in [0, 0.05) is 10.9 Å². The number of aryl methyl sites for hydroxylation is 1. The van der Waals surface area contributed by atoms with E-state index in [1.54, 1.807) is 0 Å². The number of hydrogen-bond donors (Lipinski definition) is 1. The normalized spacial score (nSPS) is 10.4. The molecule has 23 heavy (non-hydrogen) atoms. The lowest BCUT2D eigenvalue weighted by atomic mass is 10.2. The van der Waals surface area contributed by atoms with Crippen molar-refractivity contribution in [3.05, 3.63) is 57.0 Å². The second-order valence-electron chi connectivity index (χ2n) is 5.10. The number of amides is 1. The molecular weight excluding hydrogens is 422 g/mol. The number of rotatable bonds is 7. The van der Waals surface area contributed by atoms with Crippen LogP contribution in [0, 0.1) is 0 Å². The van der Waals surface area contributed by atoms with E-state index in [9.17, 15) is 4.79 Å². The van der Waals surface area contributed by atoms with Crippen molar-refractivity contribution in [2.75, 3.05) is 11.9 Å². The van der Waals surface area contributed by atoms with E-state index < -0.39 is 0 Å². The highest BCUT2D eigenvalue weighted by Gasteiger charge is 2.06. The quantitative estimate of drug-likeness (QED) is 0.571. The maximum absolute atomic E-state index is 11.9. The van der Waals surface area contributed by atoms with E-state index in [1.807, 2.05) is 30.3 Å². The fraction of sp³-hybridized carbons (Fsp3) is 0.278. The molecule has 3 nitrogen and oxygen atoms in total. The fourth-order valence-electron chi connectivity index (χ4n) is 2.07. The summed E-state index contributed by atoms with van der Waals surface area (Å²) in [7, 11) is 0. The summed E-state index contributed by atoms with van der Waals surface area (Å²) < 4.78 is 7.56. The zero-order valence-electron chi connectivity index (χ0n) is 12.9. The molecule has 122 valence electrons. The van der Waals surface area contributed by atoms with Gasteiger partial charge < -0.3 is 10.1 Å². The Kier molecular flexibility index (Phi) is 7.12. The van der Waals surface area contributed by atoms with Gasteiger partial charge in [0.05, 0.1) is 16.8 Å². The molecule has 2 aromatic carbocycles. The van der Waals surface area contributed by atoms with Crippen molar-refractivity contribution >= 4 is 43.5 Å². The third-order valence-corrected chi connectivity index (χ3v) is 4.67. The summed E-state index contributed by atoms with van der Waals surface area (Å²) in [6.07, 6.45) is 2.08. The molecular formula is C18H19Br2NO2. The Morgan fingerprint density at radius 3 is 2.61 bits per heavy atom. The lowest BCUT2D eigenvalue weighted by Crippen LogP contribution is -2.13. The number of anilines is 1. The topological polar surface area (TPSA) is 38.3 Å². The monoisotopic (exact) mass is 439 g/mol. The minimum Gasteiger partial charge on any atom is -0.492 e. The van der Waals surface area contributed by atoms with Gasteiger partial charge in [-0.3, -0.25) is 4.79 Å². The van der Waals surface area contributed by atoms with Crippen LogP contribution in [0.4, 0.5) is 5.69 Å². The molecule has 0 aliphatic heterocycles. The Hall–Kier alpha value is -1.33. The van der Waals surface area contributed by atoms with Gasteiger partial charge in [0.15, 0.2) is 0 Å². The molecule has 0 aliphatic carbocycles. The molecule has 0 aromatic heterocycles. The number of para-hydroxylation sites is 1. The van der Waals surface area contributed by atoms with Gasteiger partial charge in [-0.15, -0.1) is 0 Å². The number of benzene rings is 2. The predicted molar refractivity (Wildman–Crippen MR) is 101 cm³/mol. The molecule has 0 saturated heterocycles. The van der Waals surface area contributed by atoms with Crippen molar-refractivity contribution in [2.24, 2.45) is 0 Å². The van der Waals surface area contributed by atoms with Gasteiger partial charge >= 0.3 is 0 Å². The molecule has 0 radical (unpaired) electrons. The molecule has 0 saturated carbocycles. The average Bonchev–Trinajstić information content (AvgIpc) is 2.55. The minimum absolute atomic E-state index is 0.0131. The highest BCUT2D eigenvalue weighted by Crippen LogP contribution is 2.26. The van der Waals surface area contributed by atoms with Crippen molar-refractivity contribution in [2.45, 2.75) is 26.2 Å². The average molecular weight is 441 g/mol. The summed E-state index contributed by atoms with van der Waals surface area (Å²) in [5.74, 6) is 0.800. The minimum atomic E-state index is -0.0131. The first kappa shape index (κ1) is 18.0. The summed E-state index contributed by atoms with van der Waals surface area (Å²) in [4.78, 5) is 11.9. The number of carbonyl (C=O) groups excluding carboxylic acids is 1. The summed E-state index contributed by atoms with van der Waals surface area (Å²) in [5.41, 5.74) is 2.05. The van der Waals surface area contributed by atoms with Crippen molar-refractivity contribution in [1.82, 2.24) is 0 Å². The van der Waals surface area contributed by atoms with Crippen LogP contribution in [0.25, 0.3) is 0 Å². The molecule has 0 unspecified atom stereocenters. The second kappa shape index (κ2) is 9.08. The number of hydrogen-bond acceptors (Lipinski definition) is 2. The van der Waals surface area contributed by atoms with Gasteiger partial charge in [0.25, 0.3) is 0 Å². The Balaban J connectivity index is 1.75. The lowest BCUT2D eigenvalue weighted by molar-refractivity contribution is -0.116. The van der Waals surface area contributed by atoms with Crippen LogP contribution in [0.5, 0.6) is 5.75 Å². The number of nitrogens with one attached hydrogen (secondary N) is 1. The zero-order valence-corrected chi connectivity index (χ0v) is 16.1. The van der Waals surface area contributed by atoms with E-state index >= 15 is 0 Å².